The summed E-state index contributed by atoms with van der Waals surface area (Å²) in [4.78, 5) is 0. The van der Waals surface area contributed by atoms with E-state index in [-0.39, 0.29) is 0 Å². The Morgan fingerprint density at radius 2 is 1.91 bits per heavy atom. The van der Waals surface area contributed by atoms with Gasteiger partial charge in [0.05, 0.1) is 0 Å². The third-order valence-electron chi connectivity index (χ3n) is 2.44. The molecule has 0 aromatic rings. The fourth-order valence-electron chi connectivity index (χ4n) is 1.68. The molecule has 0 aromatic carbocycles. The first-order chi connectivity index (χ1) is 5.43. The van der Waals surface area contributed by atoms with E-state index in [9.17, 15) is 0 Å². The fourth-order valence-corrected chi connectivity index (χ4v) is 1.68. The van der Waals surface area contributed by atoms with Crippen LogP contribution in [0.2, 0.25) is 0 Å². The molecule has 1 aliphatic carbocycles. The lowest BCUT2D eigenvalue weighted by Gasteiger charge is -2.11. The Morgan fingerprint density at radius 3 is 2.45 bits per heavy atom. The van der Waals surface area contributed by atoms with Crippen LogP contribution in [-0.4, -0.2) is 0 Å². The number of allylic oxidation sites excluding steroid dienone is 2. The SMILES string of the molecule is CC[CH]CC1CCC=CCC1. The summed E-state index contributed by atoms with van der Waals surface area (Å²) >= 11 is 0. The van der Waals surface area contributed by atoms with E-state index in [1.54, 1.807) is 0 Å². The highest BCUT2D eigenvalue weighted by Gasteiger charge is 2.07. The third-order valence-corrected chi connectivity index (χ3v) is 2.44. The molecule has 0 spiro atoms. The van der Waals surface area contributed by atoms with Gasteiger partial charge in [-0.15, -0.1) is 0 Å². The van der Waals surface area contributed by atoms with Crippen molar-refractivity contribution in [3.63, 3.8) is 0 Å². The molecule has 0 fully saturated rings. The van der Waals surface area contributed by atoms with Gasteiger partial charge in [-0.1, -0.05) is 25.5 Å². The van der Waals surface area contributed by atoms with Crippen LogP contribution in [0.3, 0.4) is 0 Å². The van der Waals surface area contributed by atoms with Crippen molar-refractivity contribution in [2.75, 3.05) is 0 Å². The normalized spacial score (nSPS) is 20.1. The van der Waals surface area contributed by atoms with Crippen molar-refractivity contribution in [3.05, 3.63) is 18.6 Å². The lowest BCUT2D eigenvalue weighted by molar-refractivity contribution is 0.456. The van der Waals surface area contributed by atoms with E-state index in [4.69, 9.17) is 0 Å². The molecule has 63 valence electrons. The van der Waals surface area contributed by atoms with Crippen LogP contribution in [0.4, 0.5) is 0 Å². The molecular formula is C11H19. The van der Waals surface area contributed by atoms with Crippen molar-refractivity contribution in [3.8, 4) is 0 Å². The van der Waals surface area contributed by atoms with Crippen molar-refractivity contribution in [2.24, 2.45) is 5.92 Å². The first-order valence-corrected chi connectivity index (χ1v) is 4.90. The number of hydrogen-bond acceptors (Lipinski definition) is 0. The lowest BCUT2D eigenvalue weighted by Crippen LogP contribution is -1.98. The van der Waals surface area contributed by atoms with Crippen molar-refractivity contribution in [1.82, 2.24) is 0 Å². The Labute approximate surface area is 70.7 Å². The average Bonchev–Trinajstić information content (AvgIpc) is 2.28. The summed E-state index contributed by atoms with van der Waals surface area (Å²) in [5, 5.41) is 0. The van der Waals surface area contributed by atoms with Gasteiger partial charge in [-0.25, -0.2) is 0 Å². The smallest absolute Gasteiger partial charge is 0.0348 e. The summed E-state index contributed by atoms with van der Waals surface area (Å²) in [6.45, 7) is 2.23. The summed E-state index contributed by atoms with van der Waals surface area (Å²) in [7, 11) is 0. The minimum Gasteiger partial charge on any atom is -0.0885 e. The lowest BCUT2D eigenvalue weighted by atomic mass is 9.94. The molecular weight excluding hydrogens is 132 g/mol. The van der Waals surface area contributed by atoms with Crippen LogP contribution in [0.5, 0.6) is 0 Å². The molecule has 11 heavy (non-hydrogen) atoms. The van der Waals surface area contributed by atoms with Crippen molar-refractivity contribution < 1.29 is 0 Å². The Morgan fingerprint density at radius 1 is 1.27 bits per heavy atom. The average molecular weight is 151 g/mol. The molecule has 0 heteroatoms. The quantitative estimate of drug-likeness (QED) is 0.539. The van der Waals surface area contributed by atoms with E-state index in [1.165, 1.54) is 38.5 Å². The second-order valence-corrected chi connectivity index (χ2v) is 3.42. The van der Waals surface area contributed by atoms with E-state index < -0.39 is 0 Å². The molecule has 0 atom stereocenters. The molecule has 0 saturated carbocycles. The Kier molecular flexibility index (Phi) is 4.33. The van der Waals surface area contributed by atoms with E-state index in [2.05, 4.69) is 25.5 Å². The Hall–Kier alpha value is -0.260. The minimum absolute atomic E-state index is 0.977. The predicted octanol–water partition coefficient (Wildman–Crippen LogP) is 3.74. The molecule has 0 nitrogen and oxygen atoms in total. The zero-order valence-corrected chi connectivity index (χ0v) is 7.55. The van der Waals surface area contributed by atoms with Crippen LogP contribution < -0.4 is 0 Å². The number of unbranched alkanes of at least 4 members (excludes halogenated alkanes) is 1. The summed E-state index contributed by atoms with van der Waals surface area (Å²) < 4.78 is 0. The van der Waals surface area contributed by atoms with Crippen LogP contribution >= 0.6 is 0 Å². The highest BCUT2D eigenvalue weighted by Crippen LogP contribution is 2.22. The van der Waals surface area contributed by atoms with Crippen molar-refractivity contribution in [2.45, 2.75) is 45.4 Å². The van der Waals surface area contributed by atoms with Gasteiger partial charge in [0.1, 0.15) is 0 Å². The second kappa shape index (κ2) is 5.40. The van der Waals surface area contributed by atoms with Gasteiger partial charge >= 0.3 is 0 Å². The topological polar surface area (TPSA) is 0 Å². The van der Waals surface area contributed by atoms with Gasteiger partial charge in [0.15, 0.2) is 0 Å². The van der Waals surface area contributed by atoms with Crippen LogP contribution in [0.25, 0.3) is 0 Å². The van der Waals surface area contributed by atoms with Crippen molar-refractivity contribution in [1.29, 1.82) is 0 Å². The third kappa shape index (κ3) is 3.60. The fraction of sp³-hybridized carbons (Fsp3) is 0.727. The van der Waals surface area contributed by atoms with E-state index in [1.807, 2.05) is 0 Å². The van der Waals surface area contributed by atoms with Gasteiger partial charge in [0.25, 0.3) is 0 Å². The summed E-state index contributed by atoms with van der Waals surface area (Å²) in [5.74, 6) is 0.977. The molecule has 1 aliphatic rings. The standard InChI is InChI=1S/C11H19/c1-2-3-8-11-9-6-4-5-7-10-11/h3-5,11H,2,6-10H2,1H3. The van der Waals surface area contributed by atoms with Crippen LogP contribution in [0.15, 0.2) is 12.2 Å². The maximum Gasteiger partial charge on any atom is -0.0348 e. The zero-order valence-electron chi connectivity index (χ0n) is 7.55. The van der Waals surface area contributed by atoms with Gasteiger partial charge in [-0.05, 0) is 44.4 Å². The molecule has 0 unspecified atom stereocenters. The molecule has 0 aliphatic heterocycles. The maximum atomic E-state index is 2.43. The molecule has 1 rings (SSSR count). The first kappa shape index (κ1) is 8.83. The highest BCUT2D eigenvalue weighted by atomic mass is 14.1. The molecule has 0 aromatic heterocycles. The molecule has 0 amide bonds. The van der Waals surface area contributed by atoms with Gasteiger partial charge in [-0.3, -0.25) is 0 Å². The van der Waals surface area contributed by atoms with Crippen LogP contribution in [0, 0.1) is 12.3 Å². The number of hydrogen-bond donors (Lipinski definition) is 0. The Bertz CT molecular complexity index is 103. The minimum atomic E-state index is 0.977. The first-order valence-electron chi connectivity index (χ1n) is 4.90. The van der Waals surface area contributed by atoms with Gasteiger partial charge in [-0.2, -0.15) is 0 Å². The van der Waals surface area contributed by atoms with Gasteiger partial charge < -0.3 is 0 Å². The van der Waals surface area contributed by atoms with Gasteiger partial charge in [0.2, 0.25) is 0 Å². The summed E-state index contributed by atoms with van der Waals surface area (Å²) in [5.41, 5.74) is 0. The zero-order chi connectivity index (χ0) is 7.94. The van der Waals surface area contributed by atoms with E-state index in [0.29, 0.717) is 0 Å². The molecule has 0 N–H and O–H groups in total. The molecule has 0 saturated heterocycles. The van der Waals surface area contributed by atoms with Gasteiger partial charge in [0, 0.05) is 0 Å². The van der Waals surface area contributed by atoms with Crippen LogP contribution in [0.1, 0.15) is 45.4 Å². The summed E-state index contributed by atoms with van der Waals surface area (Å²) in [6.07, 6.45) is 15.1. The van der Waals surface area contributed by atoms with E-state index in [0.717, 1.165) is 5.92 Å². The van der Waals surface area contributed by atoms with Crippen molar-refractivity contribution >= 4 is 0 Å². The predicted molar refractivity (Wildman–Crippen MR) is 50.3 cm³/mol. The van der Waals surface area contributed by atoms with E-state index >= 15 is 0 Å². The Balaban J connectivity index is 2.13. The second-order valence-electron chi connectivity index (χ2n) is 3.42. The molecule has 0 bridgehead atoms. The monoisotopic (exact) mass is 151 g/mol. The molecule has 0 heterocycles. The highest BCUT2D eigenvalue weighted by molar-refractivity contribution is 4.87. The number of rotatable bonds is 3. The summed E-state index contributed by atoms with van der Waals surface area (Å²) in [6, 6.07) is 0. The maximum absolute atomic E-state index is 2.43. The van der Waals surface area contributed by atoms with Crippen LogP contribution in [-0.2, 0) is 0 Å². The molecule has 1 radical (unpaired) electrons. The largest absolute Gasteiger partial charge is 0.0885 e.